The van der Waals surface area contributed by atoms with Crippen LogP contribution in [0, 0.1) is 6.92 Å². The monoisotopic (exact) mass is 372 g/mol. The highest BCUT2D eigenvalue weighted by Gasteiger charge is 2.43. The third-order valence-electron chi connectivity index (χ3n) is 5.15. The maximum Gasteiger partial charge on any atom is 0.243 e. The lowest BCUT2D eigenvalue weighted by atomic mass is 10.1. The van der Waals surface area contributed by atoms with E-state index >= 15 is 0 Å². The van der Waals surface area contributed by atoms with Crippen LogP contribution in [0.5, 0.6) is 0 Å². The molecule has 6 nitrogen and oxygen atoms in total. The standard InChI is InChI=1S/C16H24N2O4S2/c1-13-4-3-5-14(12-13)24(21,22)18-8-6-15-16(7-9-18)23(19,20)11-10-17(15)2/h3-5,12,15-16H,6-11H2,1-2H3/t15-,16+/m0/s1. The molecular formula is C16H24N2O4S2. The van der Waals surface area contributed by atoms with E-state index in [0.29, 0.717) is 25.9 Å². The Bertz CT molecular complexity index is 820. The minimum absolute atomic E-state index is 0.0959. The van der Waals surface area contributed by atoms with E-state index in [1.54, 1.807) is 18.2 Å². The molecule has 0 N–H and O–H groups in total. The van der Waals surface area contributed by atoms with Crippen LogP contribution < -0.4 is 0 Å². The zero-order valence-corrected chi connectivity index (χ0v) is 15.7. The fraction of sp³-hybridized carbons (Fsp3) is 0.625. The Hall–Kier alpha value is -0.960. The van der Waals surface area contributed by atoms with Crippen molar-refractivity contribution in [1.82, 2.24) is 9.21 Å². The van der Waals surface area contributed by atoms with Gasteiger partial charge in [0.15, 0.2) is 9.84 Å². The first-order valence-electron chi connectivity index (χ1n) is 8.20. The van der Waals surface area contributed by atoms with Gasteiger partial charge in [-0.3, -0.25) is 0 Å². The van der Waals surface area contributed by atoms with Crippen molar-refractivity contribution in [2.24, 2.45) is 0 Å². The molecule has 24 heavy (non-hydrogen) atoms. The van der Waals surface area contributed by atoms with E-state index in [4.69, 9.17) is 0 Å². The van der Waals surface area contributed by atoms with Gasteiger partial charge in [-0.2, -0.15) is 4.31 Å². The van der Waals surface area contributed by atoms with Crippen LogP contribution in [-0.4, -0.2) is 69.8 Å². The number of sulfonamides is 1. The second-order valence-corrected chi connectivity index (χ2v) is 11.0. The lowest BCUT2D eigenvalue weighted by Crippen LogP contribution is -2.52. The smallest absolute Gasteiger partial charge is 0.243 e. The van der Waals surface area contributed by atoms with Crippen molar-refractivity contribution in [2.75, 3.05) is 32.4 Å². The van der Waals surface area contributed by atoms with Crippen LogP contribution in [0.25, 0.3) is 0 Å². The number of sulfone groups is 1. The highest BCUT2D eigenvalue weighted by Crippen LogP contribution is 2.29. The largest absolute Gasteiger partial charge is 0.301 e. The predicted molar refractivity (Wildman–Crippen MR) is 93.2 cm³/mol. The molecule has 0 unspecified atom stereocenters. The van der Waals surface area contributed by atoms with Crippen LogP contribution >= 0.6 is 0 Å². The summed E-state index contributed by atoms with van der Waals surface area (Å²) in [6.45, 7) is 2.99. The summed E-state index contributed by atoms with van der Waals surface area (Å²) in [5, 5.41) is -0.464. The first-order chi connectivity index (χ1) is 11.2. The van der Waals surface area contributed by atoms with Gasteiger partial charge in [0, 0.05) is 25.7 Å². The topological polar surface area (TPSA) is 74.8 Å². The quantitative estimate of drug-likeness (QED) is 0.770. The first kappa shape index (κ1) is 17.8. The van der Waals surface area contributed by atoms with Crippen molar-refractivity contribution in [3.63, 3.8) is 0 Å². The van der Waals surface area contributed by atoms with E-state index in [1.165, 1.54) is 4.31 Å². The fourth-order valence-corrected chi connectivity index (χ4v) is 7.42. The van der Waals surface area contributed by atoms with Crippen molar-refractivity contribution in [3.8, 4) is 0 Å². The molecule has 2 atom stereocenters. The number of benzene rings is 1. The van der Waals surface area contributed by atoms with Crippen molar-refractivity contribution in [2.45, 2.75) is 36.0 Å². The van der Waals surface area contributed by atoms with Crippen LogP contribution in [0.15, 0.2) is 29.2 Å². The maximum absolute atomic E-state index is 12.9. The molecule has 0 amide bonds. The summed E-state index contributed by atoms with van der Waals surface area (Å²) < 4.78 is 52.0. The Morgan fingerprint density at radius 2 is 1.83 bits per heavy atom. The molecule has 2 saturated heterocycles. The van der Waals surface area contributed by atoms with Gasteiger partial charge in [0.25, 0.3) is 0 Å². The first-order valence-corrected chi connectivity index (χ1v) is 11.4. The number of hydrogen-bond donors (Lipinski definition) is 0. The van der Waals surface area contributed by atoms with Crippen LogP contribution in [-0.2, 0) is 19.9 Å². The van der Waals surface area contributed by atoms with Gasteiger partial charge in [-0.25, -0.2) is 16.8 Å². The summed E-state index contributed by atoms with van der Waals surface area (Å²) in [6, 6.07) is 6.76. The van der Waals surface area contributed by atoms with E-state index in [2.05, 4.69) is 4.90 Å². The van der Waals surface area contributed by atoms with Gasteiger partial charge in [0.1, 0.15) is 0 Å². The molecule has 134 valence electrons. The summed E-state index contributed by atoms with van der Waals surface area (Å²) in [5.41, 5.74) is 0.891. The molecule has 0 aliphatic carbocycles. The molecule has 0 saturated carbocycles. The highest BCUT2D eigenvalue weighted by atomic mass is 32.2. The minimum Gasteiger partial charge on any atom is -0.301 e. The van der Waals surface area contributed by atoms with Gasteiger partial charge in [0.05, 0.1) is 15.9 Å². The van der Waals surface area contributed by atoms with E-state index in [0.717, 1.165) is 5.56 Å². The number of rotatable bonds is 2. The number of nitrogens with zero attached hydrogens (tertiary/aromatic N) is 2. The number of hydrogen-bond acceptors (Lipinski definition) is 5. The lowest BCUT2D eigenvalue weighted by Gasteiger charge is -2.37. The van der Waals surface area contributed by atoms with Crippen molar-refractivity contribution < 1.29 is 16.8 Å². The highest BCUT2D eigenvalue weighted by molar-refractivity contribution is 7.92. The average Bonchev–Trinajstić information content (AvgIpc) is 2.76. The lowest BCUT2D eigenvalue weighted by molar-refractivity contribution is 0.223. The summed E-state index contributed by atoms with van der Waals surface area (Å²) >= 11 is 0. The van der Waals surface area contributed by atoms with E-state index in [9.17, 15) is 16.8 Å². The van der Waals surface area contributed by atoms with Crippen molar-refractivity contribution in [3.05, 3.63) is 29.8 Å². The Morgan fingerprint density at radius 3 is 2.54 bits per heavy atom. The van der Waals surface area contributed by atoms with Crippen molar-refractivity contribution in [1.29, 1.82) is 0 Å². The molecule has 8 heteroatoms. The number of fused-ring (bicyclic) bond motifs is 1. The van der Waals surface area contributed by atoms with Crippen LogP contribution in [0.4, 0.5) is 0 Å². The van der Waals surface area contributed by atoms with Gasteiger partial charge in [-0.15, -0.1) is 0 Å². The number of aryl methyl sites for hydroxylation is 1. The third kappa shape index (κ3) is 3.24. The van der Waals surface area contributed by atoms with Gasteiger partial charge in [-0.05, 0) is 44.5 Å². The van der Waals surface area contributed by atoms with Crippen LogP contribution in [0.2, 0.25) is 0 Å². The molecule has 2 aliphatic heterocycles. The normalized spacial score (nSPS) is 28.9. The molecule has 0 bridgehead atoms. The van der Waals surface area contributed by atoms with Gasteiger partial charge >= 0.3 is 0 Å². The molecule has 2 aliphatic rings. The Balaban J connectivity index is 1.88. The summed E-state index contributed by atoms with van der Waals surface area (Å²) in [7, 11) is -4.80. The molecule has 3 rings (SSSR count). The molecule has 0 spiro atoms. The maximum atomic E-state index is 12.9. The van der Waals surface area contributed by atoms with Gasteiger partial charge < -0.3 is 4.90 Å². The van der Waals surface area contributed by atoms with E-state index in [1.807, 2.05) is 20.0 Å². The second kappa shape index (κ2) is 6.40. The van der Waals surface area contributed by atoms with Gasteiger partial charge in [-0.1, -0.05) is 12.1 Å². The van der Waals surface area contributed by atoms with E-state index < -0.39 is 25.1 Å². The SMILES string of the molecule is Cc1cccc(S(=O)(=O)N2CC[C@@H]3[C@H](CC2)N(C)CCS3(=O)=O)c1. The Labute approximate surface area is 144 Å². The Kier molecular flexibility index (Phi) is 4.76. The van der Waals surface area contributed by atoms with Gasteiger partial charge in [0.2, 0.25) is 10.0 Å². The van der Waals surface area contributed by atoms with Crippen LogP contribution in [0.1, 0.15) is 18.4 Å². The summed E-state index contributed by atoms with van der Waals surface area (Å²) in [4.78, 5) is 2.35. The molecule has 2 heterocycles. The minimum atomic E-state index is -3.59. The zero-order chi connectivity index (χ0) is 17.5. The second-order valence-electron chi connectivity index (χ2n) is 6.75. The predicted octanol–water partition coefficient (Wildman–Crippen LogP) is 0.877. The molecule has 0 aromatic heterocycles. The molecule has 0 radical (unpaired) electrons. The molecule has 1 aromatic rings. The fourth-order valence-electron chi connectivity index (χ4n) is 3.71. The molecule has 2 fully saturated rings. The zero-order valence-electron chi connectivity index (χ0n) is 14.1. The van der Waals surface area contributed by atoms with Crippen LogP contribution in [0.3, 0.4) is 0 Å². The average molecular weight is 373 g/mol. The third-order valence-corrected chi connectivity index (χ3v) is 9.27. The summed E-state index contributed by atoms with van der Waals surface area (Å²) in [6.07, 6.45) is 0.911. The summed E-state index contributed by atoms with van der Waals surface area (Å²) in [5.74, 6) is 0.162. The van der Waals surface area contributed by atoms with E-state index in [-0.39, 0.29) is 23.2 Å². The van der Waals surface area contributed by atoms with Crippen molar-refractivity contribution >= 4 is 19.9 Å². The Morgan fingerprint density at radius 1 is 1.12 bits per heavy atom. The molecular weight excluding hydrogens is 348 g/mol. The molecule has 1 aromatic carbocycles.